The Balaban J connectivity index is 2.08. The summed E-state index contributed by atoms with van der Waals surface area (Å²) in [5.74, 6) is 0. The molecule has 3 heteroatoms. The minimum atomic E-state index is -0.354. The minimum Gasteiger partial charge on any atom is -0.439 e. The standard InChI is InChI=1S/C13H13NO2/c15-12-14-13(10-6-2-1-3-7-10)9-5-4-8-11(13)16-12/h1-4,6-8,11H,5,9H2,(H,14,15)/t11-,13-/m1/s1. The quantitative estimate of drug-likeness (QED) is 0.730. The van der Waals surface area contributed by atoms with E-state index >= 15 is 0 Å². The molecule has 1 fully saturated rings. The molecule has 1 N–H and O–H groups in total. The highest BCUT2D eigenvalue weighted by Crippen LogP contribution is 2.39. The molecule has 0 aromatic heterocycles. The summed E-state index contributed by atoms with van der Waals surface area (Å²) in [7, 11) is 0. The van der Waals surface area contributed by atoms with Crippen molar-refractivity contribution < 1.29 is 9.53 Å². The lowest BCUT2D eigenvalue weighted by Gasteiger charge is -2.33. The number of amides is 1. The van der Waals surface area contributed by atoms with E-state index in [1.807, 2.05) is 36.4 Å². The van der Waals surface area contributed by atoms with E-state index in [4.69, 9.17) is 4.74 Å². The van der Waals surface area contributed by atoms with Crippen LogP contribution in [0, 0.1) is 0 Å². The number of alkyl carbamates (subject to hydrolysis) is 1. The molecule has 1 amide bonds. The van der Waals surface area contributed by atoms with Gasteiger partial charge >= 0.3 is 6.09 Å². The van der Waals surface area contributed by atoms with Crippen LogP contribution in [0.4, 0.5) is 4.79 Å². The molecule has 16 heavy (non-hydrogen) atoms. The number of benzene rings is 1. The Bertz CT molecular complexity index is 441. The van der Waals surface area contributed by atoms with Gasteiger partial charge in [-0.3, -0.25) is 0 Å². The number of nitrogens with one attached hydrogen (secondary N) is 1. The van der Waals surface area contributed by atoms with E-state index in [1.54, 1.807) is 0 Å². The van der Waals surface area contributed by atoms with Crippen molar-refractivity contribution in [1.29, 1.82) is 0 Å². The lowest BCUT2D eigenvalue weighted by Crippen LogP contribution is -2.45. The molecule has 0 radical (unpaired) electrons. The first kappa shape index (κ1) is 9.46. The van der Waals surface area contributed by atoms with Crippen molar-refractivity contribution in [2.75, 3.05) is 0 Å². The maximum absolute atomic E-state index is 11.4. The highest BCUT2D eigenvalue weighted by molar-refractivity contribution is 5.73. The molecule has 1 saturated heterocycles. The first-order valence-electron chi connectivity index (χ1n) is 5.52. The second-order valence-electron chi connectivity index (χ2n) is 4.26. The van der Waals surface area contributed by atoms with Crippen molar-refractivity contribution in [3.8, 4) is 0 Å². The lowest BCUT2D eigenvalue weighted by molar-refractivity contribution is 0.131. The number of ether oxygens (including phenoxy) is 1. The SMILES string of the molecule is O=C1N[C@@]2(c3ccccc3)CCC=C[C@H]2O1. The van der Waals surface area contributed by atoms with Crippen LogP contribution in [-0.2, 0) is 10.3 Å². The fourth-order valence-corrected chi connectivity index (χ4v) is 2.55. The van der Waals surface area contributed by atoms with Gasteiger partial charge in [-0.1, -0.05) is 36.4 Å². The summed E-state index contributed by atoms with van der Waals surface area (Å²) in [6, 6.07) is 10.0. The number of fused-ring (bicyclic) bond motifs is 1. The Morgan fingerprint density at radius 1 is 1.31 bits per heavy atom. The summed E-state index contributed by atoms with van der Waals surface area (Å²) < 4.78 is 5.29. The first-order chi connectivity index (χ1) is 7.81. The van der Waals surface area contributed by atoms with E-state index in [9.17, 15) is 4.79 Å². The van der Waals surface area contributed by atoms with Crippen molar-refractivity contribution in [3.05, 3.63) is 48.0 Å². The van der Waals surface area contributed by atoms with Gasteiger partial charge in [0.2, 0.25) is 0 Å². The van der Waals surface area contributed by atoms with E-state index in [0.717, 1.165) is 18.4 Å². The third-order valence-electron chi connectivity index (χ3n) is 3.35. The third kappa shape index (κ3) is 1.24. The zero-order valence-corrected chi connectivity index (χ0v) is 8.85. The molecule has 3 rings (SSSR count). The molecule has 1 aliphatic carbocycles. The molecular formula is C13H13NO2. The van der Waals surface area contributed by atoms with Gasteiger partial charge in [-0.25, -0.2) is 4.79 Å². The van der Waals surface area contributed by atoms with Crippen LogP contribution in [0.25, 0.3) is 0 Å². The molecule has 0 spiro atoms. The smallest absolute Gasteiger partial charge is 0.408 e. The summed E-state index contributed by atoms with van der Waals surface area (Å²) >= 11 is 0. The Morgan fingerprint density at radius 3 is 2.94 bits per heavy atom. The van der Waals surface area contributed by atoms with Crippen molar-refractivity contribution in [3.63, 3.8) is 0 Å². The largest absolute Gasteiger partial charge is 0.439 e. The summed E-state index contributed by atoms with van der Waals surface area (Å²) in [6.45, 7) is 0. The molecule has 1 aromatic rings. The predicted octanol–water partition coefficient (Wildman–Crippen LogP) is 2.34. The predicted molar refractivity (Wildman–Crippen MR) is 59.9 cm³/mol. The van der Waals surface area contributed by atoms with E-state index < -0.39 is 0 Å². The Hall–Kier alpha value is -1.77. The topological polar surface area (TPSA) is 38.3 Å². The van der Waals surface area contributed by atoms with E-state index in [0.29, 0.717) is 0 Å². The van der Waals surface area contributed by atoms with E-state index in [1.165, 1.54) is 0 Å². The maximum atomic E-state index is 11.4. The minimum absolute atomic E-state index is 0.170. The molecule has 1 aromatic carbocycles. The molecular weight excluding hydrogens is 202 g/mol. The van der Waals surface area contributed by atoms with Gasteiger partial charge in [0.05, 0.1) is 0 Å². The summed E-state index contributed by atoms with van der Waals surface area (Å²) in [5.41, 5.74) is 0.766. The van der Waals surface area contributed by atoms with Crippen LogP contribution in [0.5, 0.6) is 0 Å². The summed E-state index contributed by atoms with van der Waals surface area (Å²) in [5, 5.41) is 2.97. The average molecular weight is 215 g/mol. The fraction of sp³-hybridized carbons (Fsp3) is 0.308. The zero-order valence-electron chi connectivity index (χ0n) is 8.85. The fourth-order valence-electron chi connectivity index (χ4n) is 2.55. The molecule has 0 saturated carbocycles. The van der Waals surface area contributed by atoms with Gasteiger partial charge in [0.15, 0.2) is 0 Å². The van der Waals surface area contributed by atoms with Crippen LogP contribution < -0.4 is 5.32 Å². The molecule has 3 nitrogen and oxygen atoms in total. The van der Waals surface area contributed by atoms with E-state index in [-0.39, 0.29) is 17.7 Å². The molecule has 2 aliphatic rings. The first-order valence-corrected chi connectivity index (χ1v) is 5.52. The van der Waals surface area contributed by atoms with Gasteiger partial charge in [0, 0.05) is 0 Å². The second-order valence-corrected chi connectivity index (χ2v) is 4.26. The Labute approximate surface area is 94.1 Å². The number of carbonyl (C=O) groups is 1. The number of carbonyl (C=O) groups excluding carboxylic acids is 1. The van der Waals surface area contributed by atoms with E-state index in [2.05, 4.69) is 11.4 Å². The lowest BCUT2D eigenvalue weighted by atomic mass is 9.78. The van der Waals surface area contributed by atoms with Crippen molar-refractivity contribution >= 4 is 6.09 Å². The molecule has 1 aliphatic heterocycles. The third-order valence-corrected chi connectivity index (χ3v) is 3.35. The molecule has 0 bridgehead atoms. The second kappa shape index (κ2) is 3.37. The number of hydrogen-bond donors (Lipinski definition) is 1. The molecule has 0 unspecified atom stereocenters. The number of rotatable bonds is 1. The maximum Gasteiger partial charge on any atom is 0.408 e. The van der Waals surface area contributed by atoms with Crippen LogP contribution in [0.15, 0.2) is 42.5 Å². The van der Waals surface area contributed by atoms with Gasteiger partial charge in [-0.2, -0.15) is 0 Å². The zero-order chi connectivity index (χ0) is 11.0. The van der Waals surface area contributed by atoms with Crippen molar-refractivity contribution in [2.45, 2.75) is 24.5 Å². The monoisotopic (exact) mass is 215 g/mol. The number of hydrogen-bond acceptors (Lipinski definition) is 2. The van der Waals surface area contributed by atoms with Gasteiger partial charge < -0.3 is 10.1 Å². The van der Waals surface area contributed by atoms with Crippen molar-refractivity contribution in [2.24, 2.45) is 0 Å². The van der Waals surface area contributed by atoms with Crippen LogP contribution >= 0.6 is 0 Å². The molecule has 1 heterocycles. The van der Waals surface area contributed by atoms with Crippen LogP contribution in [0.1, 0.15) is 18.4 Å². The molecule has 82 valence electrons. The van der Waals surface area contributed by atoms with Gasteiger partial charge in [-0.15, -0.1) is 0 Å². The normalized spacial score (nSPS) is 31.8. The number of allylic oxidation sites excluding steroid dienone is 1. The summed E-state index contributed by atoms with van der Waals surface area (Å²) in [4.78, 5) is 11.4. The summed E-state index contributed by atoms with van der Waals surface area (Å²) in [6.07, 6.45) is 5.43. The van der Waals surface area contributed by atoms with Gasteiger partial charge in [-0.05, 0) is 24.5 Å². The Kier molecular flexibility index (Phi) is 1.99. The highest BCUT2D eigenvalue weighted by Gasteiger charge is 2.49. The highest BCUT2D eigenvalue weighted by atomic mass is 16.6. The molecule has 2 atom stereocenters. The van der Waals surface area contributed by atoms with Crippen LogP contribution in [0.2, 0.25) is 0 Å². The van der Waals surface area contributed by atoms with Crippen molar-refractivity contribution in [1.82, 2.24) is 5.32 Å². The average Bonchev–Trinajstić information content (AvgIpc) is 2.67. The van der Waals surface area contributed by atoms with Crippen LogP contribution in [0.3, 0.4) is 0 Å². The Morgan fingerprint density at radius 2 is 2.12 bits per heavy atom. The van der Waals surface area contributed by atoms with Gasteiger partial charge in [0.1, 0.15) is 11.6 Å². The van der Waals surface area contributed by atoms with Crippen LogP contribution in [-0.4, -0.2) is 12.2 Å². The van der Waals surface area contributed by atoms with Gasteiger partial charge in [0.25, 0.3) is 0 Å².